The van der Waals surface area contributed by atoms with Crippen LogP contribution < -0.4 is 5.32 Å². The lowest BCUT2D eigenvalue weighted by Crippen LogP contribution is -2.32. The first-order valence-corrected chi connectivity index (χ1v) is 5.19. The van der Waals surface area contributed by atoms with Gasteiger partial charge in [0.1, 0.15) is 0 Å². The molecular formula is C12H20N2. The van der Waals surface area contributed by atoms with Crippen LogP contribution in [-0.4, -0.2) is 11.5 Å². The SMILES string of the molecule is CCNC(c1ccncc1)C(C)(C)C. The van der Waals surface area contributed by atoms with Crippen LogP contribution in [-0.2, 0) is 0 Å². The first kappa shape index (κ1) is 11.2. The third-order valence-electron chi connectivity index (χ3n) is 2.31. The summed E-state index contributed by atoms with van der Waals surface area (Å²) in [6, 6.07) is 4.56. The van der Waals surface area contributed by atoms with Crippen molar-refractivity contribution in [1.82, 2.24) is 10.3 Å². The summed E-state index contributed by atoms with van der Waals surface area (Å²) in [5.74, 6) is 0. The van der Waals surface area contributed by atoms with Crippen molar-refractivity contribution in [2.45, 2.75) is 33.7 Å². The predicted molar refractivity (Wildman–Crippen MR) is 60.1 cm³/mol. The smallest absolute Gasteiger partial charge is 0.0370 e. The molecule has 0 radical (unpaired) electrons. The van der Waals surface area contributed by atoms with Gasteiger partial charge in [-0.1, -0.05) is 27.7 Å². The van der Waals surface area contributed by atoms with Crippen LogP contribution in [0.15, 0.2) is 24.5 Å². The van der Waals surface area contributed by atoms with Crippen molar-refractivity contribution in [3.63, 3.8) is 0 Å². The quantitative estimate of drug-likeness (QED) is 0.796. The molecule has 0 aliphatic heterocycles. The highest BCUT2D eigenvalue weighted by molar-refractivity contribution is 5.17. The average Bonchev–Trinajstić information content (AvgIpc) is 2.14. The Hall–Kier alpha value is -0.890. The van der Waals surface area contributed by atoms with Gasteiger partial charge >= 0.3 is 0 Å². The second kappa shape index (κ2) is 4.56. The van der Waals surface area contributed by atoms with Crippen molar-refractivity contribution >= 4 is 0 Å². The molecule has 2 nitrogen and oxygen atoms in total. The Balaban J connectivity index is 2.89. The molecule has 1 heterocycles. The first-order chi connectivity index (χ1) is 6.55. The maximum Gasteiger partial charge on any atom is 0.0370 e. The monoisotopic (exact) mass is 192 g/mol. The van der Waals surface area contributed by atoms with Crippen LogP contribution in [0.4, 0.5) is 0 Å². The van der Waals surface area contributed by atoms with Gasteiger partial charge in [0.15, 0.2) is 0 Å². The molecule has 0 aromatic carbocycles. The molecule has 1 aromatic heterocycles. The minimum Gasteiger partial charge on any atom is -0.310 e. The van der Waals surface area contributed by atoms with Crippen LogP contribution in [0.5, 0.6) is 0 Å². The van der Waals surface area contributed by atoms with Gasteiger partial charge in [0, 0.05) is 18.4 Å². The van der Waals surface area contributed by atoms with Gasteiger partial charge in [0.2, 0.25) is 0 Å². The predicted octanol–water partition coefficient (Wildman–Crippen LogP) is 2.78. The van der Waals surface area contributed by atoms with Gasteiger partial charge in [-0.3, -0.25) is 4.98 Å². The van der Waals surface area contributed by atoms with Gasteiger partial charge in [-0.15, -0.1) is 0 Å². The Morgan fingerprint density at radius 1 is 1.29 bits per heavy atom. The molecule has 1 rings (SSSR count). The Morgan fingerprint density at radius 3 is 2.29 bits per heavy atom. The van der Waals surface area contributed by atoms with E-state index >= 15 is 0 Å². The summed E-state index contributed by atoms with van der Waals surface area (Å²) in [6.45, 7) is 9.88. The standard InChI is InChI=1S/C12H20N2/c1-5-14-11(12(2,3)4)10-6-8-13-9-7-10/h6-9,11,14H,5H2,1-4H3. The minimum atomic E-state index is 0.233. The van der Waals surface area contributed by atoms with Crippen molar-refractivity contribution in [2.24, 2.45) is 5.41 Å². The number of hydrogen-bond acceptors (Lipinski definition) is 2. The van der Waals surface area contributed by atoms with Crippen LogP contribution in [0, 0.1) is 5.41 Å². The summed E-state index contributed by atoms with van der Waals surface area (Å²) in [5, 5.41) is 3.51. The number of pyridine rings is 1. The Labute approximate surface area is 86.8 Å². The summed E-state index contributed by atoms with van der Waals surface area (Å²) in [7, 11) is 0. The van der Waals surface area contributed by atoms with E-state index in [0.29, 0.717) is 6.04 Å². The van der Waals surface area contributed by atoms with Gasteiger partial charge < -0.3 is 5.32 Å². The van der Waals surface area contributed by atoms with Crippen molar-refractivity contribution < 1.29 is 0 Å². The molecule has 0 aliphatic carbocycles. The lowest BCUT2D eigenvalue weighted by atomic mass is 9.82. The fourth-order valence-corrected chi connectivity index (χ4v) is 1.68. The third kappa shape index (κ3) is 2.81. The van der Waals surface area contributed by atoms with Crippen molar-refractivity contribution in [1.29, 1.82) is 0 Å². The summed E-state index contributed by atoms with van der Waals surface area (Å²) in [4.78, 5) is 4.04. The Bertz CT molecular complexity index is 261. The summed E-state index contributed by atoms with van der Waals surface area (Å²) in [5.41, 5.74) is 1.55. The largest absolute Gasteiger partial charge is 0.310 e. The van der Waals surface area contributed by atoms with E-state index < -0.39 is 0 Å². The second-order valence-corrected chi connectivity index (χ2v) is 4.64. The molecular weight excluding hydrogens is 172 g/mol. The van der Waals surface area contributed by atoms with Crippen LogP contribution in [0.3, 0.4) is 0 Å². The van der Waals surface area contributed by atoms with Crippen LogP contribution in [0.1, 0.15) is 39.3 Å². The number of nitrogens with one attached hydrogen (secondary N) is 1. The molecule has 0 saturated heterocycles. The summed E-state index contributed by atoms with van der Waals surface area (Å²) < 4.78 is 0. The van der Waals surface area contributed by atoms with Gasteiger partial charge in [0.05, 0.1) is 0 Å². The average molecular weight is 192 g/mol. The maximum absolute atomic E-state index is 4.04. The zero-order valence-electron chi connectivity index (χ0n) is 9.54. The van der Waals surface area contributed by atoms with E-state index in [1.54, 1.807) is 0 Å². The normalized spacial score (nSPS) is 14.0. The molecule has 1 atom stereocenters. The van der Waals surface area contributed by atoms with E-state index in [1.807, 2.05) is 12.4 Å². The molecule has 1 unspecified atom stereocenters. The molecule has 0 aliphatic rings. The number of hydrogen-bond donors (Lipinski definition) is 1. The zero-order chi connectivity index (χ0) is 10.6. The second-order valence-electron chi connectivity index (χ2n) is 4.64. The van der Waals surface area contributed by atoms with Gasteiger partial charge in [-0.05, 0) is 29.7 Å². The molecule has 0 saturated carbocycles. The summed E-state index contributed by atoms with van der Waals surface area (Å²) >= 11 is 0. The molecule has 0 spiro atoms. The molecule has 0 bridgehead atoms. The molecule has 0 amide bonds. The van der Waals surface area contributed by atoms with Gasteiger partial charge in [0.25, 0.3) is 0 Å². The fraction of sp³-hybridized carbons (Fsp3) is 0.583. The minimum absolute atomic E-state index is 0.233. The highest BCUT2D eigenvalue weighted by atomic mass is 14.9. The van der Waals surface area contributed by atoms with E-state index in [9.17, 15) is 0 Å². The van der Waals surface area contributed by atoms with E-state index in [0.717, 1.165) is 6.54 Å². The zero-order valence-corrected chi connectivity index (χ0v) is 9.54. The lowest BCUT2D eigenvalue weighted by Gasteiger charge is -2.31. The highest BCUT2D eigenvalue weighted by Crippen LogP contribution is 2.31. The van der Waals surface area contributed by atoms with Gasteiger partial charge in [-0.25, -0.2) is 0 Å². The van der Waals surface area contributed by atoms with Gasteiger partial charge in [-0.2, -0.15) is 0 Å². The number of rotatable bonds is 3. The van der Waals surface area contributed by atoms with Crippen molar-refractivity contribution in [3.8, 4) is 0 Å². The third-order valence-corrected chi connectivity index (χ3v) is 2.31. The summed E-state index contributed by atoms with van der Waals surface area (Å²) in [6.07, 6.45) is 3.71. The number of nitrogens with zero attached hydrogens (tertiary/aromatic N) is 1. The molecule has 1 aromatic rings. The van der Waals surface area contributed by atoms with Crippen molar-refractivity contribution in [3.05, 3.63) is 30.1 Å². The fourth-order valence-electron chi connectivity index (χ4n) is 1.68. The van der Waals surface area contributed by atoms with E-state index in [-0.39, 0.29) is 5.41 Å². The molecule has 78 valence electrons. The Kier molecular flexibility index (Phi) is 3.64. The molecule has 0 fully saturated rings. The Morgan fingerprint density at radius 2 is 1.86 bits per heavy atom. The molecule has 2 heteroatoms. The van der Waals surface area contributed by atoms with Crippen molar-refractivity contribution in [2.75, 3.05) is 6.54 Å². The number of aromatic nitrogens is 1. The maximum atomic E-state index is 4.04. The van der Waals surface area contributed by atoms with Crippen LogP contribution in [0.25, 0.3) is 0 Å². The van der Waals surface area contributed by atoms with E-state index in [1.165, 1.54) is 5.56 Å². The van der Waals surface area contributed by atoms with E-state index in [4.69, 9.17) is 0 Å². The highest BCUT2D eigenvalue weighted by Gasteiger charge is 2.24. The molecule has 14 heavy (non-hydrogen) atoms. The first-order valence-electron chi connectivity index (χ1n) is 5.19. The van der Waals surface area contributed by atoms with Crippen LogP contribution >= 0.6 is 0 Å². The lowest BCUT2D eigenvalue weighted by molar-refractivity contribution is 0.276. The topological polar surface area (TPSA) is 24.9 Å². The van der Waals surface area contributed by atoms with E-state index in [2.05, 4.69) is 50.1 Å². The molecule has 1 N–H and O–H groups in total. The van der Waals surface area contributed by atoms with Crippen LogP contribution in [0.2, 0.25) is 0 Å².